The Kier molecular flexibility index (Phi) is 10.4. The number of alkyl halides is 1. The lowest BCUT2D eigenvalue weighted by Gasteiger charge is -2.08. The van der Waals surface area contributed by atoms with E-state index in [4.69, 9.17) is 9.72 Å². The first kappa shape index (κ1) is 25.4. The fourth-order valence-corrected chi connectivity index (χ4v) is 4.92. The summed E-state index contributed by atoms with van der Waals surface area (Å²) in [5, 5.41) is 0. The van der Waals surface area contributed by atoms with Gasteiger partial charge in [-0.05, 0) is 49.1 Å². The smallest absolute Gasteiger partial charge is 0.314 e. The Bertz CT molecular complexity index is 948. The van der Waals surface area contributed by atoms with Crippen molar-refractivity contribution in [1.29, 1.82) is 0 Å². The second kappa shape index (κ2) is 13.5. The number of ether oxygens (including phenoxy) is 1. The van der Waals surface area contributed by atoms with E-state index < -0.39 is 12.1 Å². The number of carbonyl (C=O) groups is 1. The molecule has 2 heterocycles. The summed E-state index contributed by atoms with van der Waals surface area (Å²) in [4.78, 5) is 18.8. The summed E-state index contributed by atoms with van der Waals surface area (Å²) in [6, 6.07) is 7.39. The number of benzene rings is 1. The Balaban J connectivity index is 1.47. The molecule has 1 atom stereocenters. The molecule has 6 heteroatoms. The van der Waals surface area contributed by atoms with Crippen molar-refractivity contribution in [2.75, 3.05) is 0 Å². The molecule has 0 aliphatic carbocycles. The first-order valence-corrected chi connectivity index (χ1v) is 13.3. The van der Waals surface area contributed by atoms with Crippen molar-refractivity contribution in [1.82, 2.24) is 9.38 Å². The van der Waals surface area contributed by atoms with Crippen LogP contribution in [0.15, 0.2) is 36.7 Å². The number of hydrogen-bond donors (Lipinski definition) is 0. The Labute approximate surface area is 201 Å². The fraction of sp³-hybridized carbons (Fsp3) is 0.556. The molecule has 0 amide bonds. The van der Waals surface area contributed by atoms with Gasteiger partial charge in [0, 0.05) is 12.4 Å². The summed E-state index contributed by atoms with van der Waals surface area (Å²) >= 11 is 1.65. The number of carbonyl (C=O) groups excluding carboxylic acids is 1. The molecule has 0 spiro atoms. The predicted molar refractivity (Wildman–Crippen MR) is 135 cm³/mol. The van der Waals surface area contributed by atoms with Crippen LogP contribution in [0.4, 0.5) is 4.39 Å². The van der Waals surface area contributed by atoms with Crippen molar-refractivity contribution in [2.45, 2.75) is 97.1 Å². The van der Waals surface area contributed by atoms with Gasteiger partial charge in [-0.25, -0.2) is 9.37 Å². The summed E-state index contributed by atoms with van der Waals surface area (Å²) in [7, 11) is 0. The SMILES string of the molecule is CCCCCCCCCc1cn2cc(-c3ccc(OC(=O)C[C@H](F)CCCC)cc3)sc2n1. The number of hydrogen-bond acceptors (Lipinski definition) is 4. The zero-order valence-corrected chi connectivity index (χ0v) is 20.8. The molecule has 0 aliphatic rings. The maximum absolute atomic E-state index is 13.8. The quantitative estimate of drug-likeness (QED) is 0.127. The average Bonchev–Trinajstić information content (AvgIpc) is 3.36. The van der Waals surface area contributed by atoms with Crippen LogP contribution in [0.25, 0.3) is 15.4 Å². The third kappa shape index (κ3) is 8.26. The highest BCUT2D eigenvalue weighted by molar-refractivity contribution is 7.20. The molecule has 0 saturated heterocycles. The summed E-state index contributed by atoms with van der Waals surface area (Å²) in [5.74, 6) is -0.0702. The van der Waals surface area contributed by atoms with Crippen LogP contribution >= 0.6 is 11.3 Å². The number of rotatable bonds is 15. The molecule has 0 bridgehead atoms. The zero-order chi connectivity index (χ0) is 23.5. The zero-order valence-electron chi connectivity index (χ0n) is 20.0. The number of thiazole rings is 1. The number of aryl methyl sites for hydroxylation is 1. The van der Waals surface area contributed by atoms with Crippen LogP contribution in [-0.2, 0) is 11.2 Å². The lowest BCUT2D eigenvalue weighted by molar-refractivity contribution is -0.135. The van der Waals surface area contributed by atoms with Gasteiger partial charge in [-0.1, -0.05) is 76.6 Å². The minimum atomic E-state index is -1.13. The van der Waals surface area contributed by atoms with Crippen LogP contribution < -0.4 is 4.74 Å². The van der Waals surface area contributed by atoms with Crippen molar-refractivity contribution in [3.8, 4) is 16.2 Å². The van der Waals surface area contributed by atoms with Crippen molar-refractivity contribution in [3.63, 3.8) is 0 Å². The minimum absolute atomic E-state index is 0.189. The lowest BCUT2D eigenvalue weighted by Crippen LogP contribution is -2.14. The molecular formula is C27H37FN2O2S. The van der Waals surface area contributed by atoms with Gasteiger partial charge in [0.25, 0.3) is 0 Å². The third-order valence-electron chi connectivity index (χ3n) is 5.87. The molecule has 0 aliphatic heterocycles. The number of nitrogens with zero attached hydrogens (tertiary/aromatic N) is 2. The normalized spacial score (nSPS) is 12.3. The number of aromatic nitrogens is 2. The highest BCUT2D eigenvalue weighted by atomic mass is 32.1. The molecule has 1 aromatic carbocycles. The Hall–Kier alpha value is -2.21. The molecule has 2 aromatic heterocycles. The fourth-order valence-electron chi connectivity index (χ4n) is 3.93. The number of unbranched alkanes of at least 4 members (excludes halogenated alkanes) is 7. The molecule has 0 saturated carbocycles. The van der Waals surface area contributed by atoms with Gasteiger partial charge in [0.15, 0.2) is 4.96 Å². The van der Waals surface area contributed by atoms with E-state index in [0.29, 0.717) is 12.2 Å². The number of esters is 1. The van der Waals surface area contributed by atoms with Crippen LogP contribution in [0.5, 0.6) is 5.75 Å². The topological polar surface area (TPSA) is 43.6 Å². The molecule has 33 heavy (non-hydrogen) atoms. The van der Waals surface area contributed by atoms with E-state index in [0.717, 1.165) is 40.4 Å². The highest BCUT2D eigenvalue weighted by Crippen LogP contribution is 2.30. The molecular weight excluding hydrogens is 435 g/mol. The van der Waals surface area contributed by atoms with E-state index in [1.165, 1.54) is 44.9 Å². The highest BCUT2D eigenvalue weighted by Gasteiger charge is 2.14. The predicted octanol–water partition coefficient (Wildman–Crippen LogP) is 8.18. The minimum Gasteiger partial charge on any atom is -0.426 e. The van der Waals surface area contributed by atoms with Crippen molar-refractivity contribution >= 4 is 22.3 Å². The van der Waals surface area contributed by atoms with Crippen molar-refractivity contribution in [3.05, 3.63) is 42.4 Å². The van der Waals surface area contributed by atoms with Gasteiger partial charge in [-0.3, -0.25) is 9.20 Å². The van der Waals surface area contributed by atoms with Gasteiger partial charge >= 0.3 is 5.97 Å². The molecule has 0 N–H and O–H groups in total. The molecule has 3 aromatic rings. The first-order chi connectivity index (χ1) is 16.1. The molecule has 0 unspecified atom stereocenters. The third-order valence-corrected chi connectivity index (χ3v) is 6.92. The van der Waals surface area contributed by atoms with Gasteiger partial charge in [0.05, 0.1) is 17.0 Å². The van der Waals surface area contributed by atoms with Crippen molar-refractivity contribution < 1.29 is 13.9 Å². The van der Waals surface area contributed by atoms with Gasteiger partial charge in [0.1, 0.15) is 11.9 Å². The Morgan fingerprint density at radius 2 is 1.70 bits per heavy atom. The van der Waals surface area contributed by atoms with E-state index in [1.807, 2.05) is 19.1 Å². The molecule has 0 fully saturated rings. The summed E-state index contributed by atoms with van der Waals surface area (Å²) in [6.07, 6.45) is 15.2. The number of halogens is 1. The average molecular weight is 473 g/mol. The van der Waals surface area contributed by atoms with Gasteiger partial charge in [-0.15, -0.1) is 0 Å². The molecule has 3 rings (SSSR count). The molecule has 180 valence electrons. The van der Waals surface area contributed by atoms with E-state index in [-0.39, 0.29) is 6.42 Å². The standard InChI is InChI=1S/C27H37FN2O2S/c1-3-5-7-8-9-10-11-13-23-19-30-20-25(33-27(30)29-23)21-14-16-24(17-15-21)32-26(31)18-22(28)12-6-4-2/h14-17,19-20,22H,3-13,18H2,1-2H3/t22-/m1/s1. The second-order valence-corrected chi connectivity index (χ2v) is 9.84. The van der Waals surface area contributed by atoms with Crippen LogP contribution in [0.2, 0.25) is 0 Å². The molecule has 0 radical (unpaired) electrons. The summed E-state index contributed by atoms with van der Waals surface area (Å²) in [5.41, 5.74) is 2.21. The number of fused-ring (bicyclic) bond motifs is 1. The number of imidazole rings is 1. The van der Waals surface area contributed by atoms with E-state index in [2.05, 4.69) is 23.7 Å². The maximum Gasteiger partial charge on any atom is 0.314 e. The lowest BCUT2D eigenvalue weighted by atomic mass is 10.1. The van der Waals surface area contributed by atoms with Gasteiger partial charge < -0.3 is 4.74 Å². The summed E-state index contributed by atoms with van der Waals surface area (Å²) < 4.78 is 21.2. The Morgan fingerprint density at radius 3 is 2.39 bits per heavy atom. The van der Waals surface area contributed by atoms with E-state index in [1.54, 1.807) is 23.5 Å². The monoisotopic (exact) mass is 472 g/mol. The van der Waals surface area contributed by atoms with Crippen LogP contribution in [0.1, 0.15) is 90.2 Å². The first-order valence-electron chi connectivity index (χ1n) is 12.5. The van der Waals surface area contributed by atoms with Crippen molar-refractivity contribution in [2.24, 2.45) is 0 Å². The second-order valence-electron chi connectivity index (χ2n) is 8.83. The summed E-state index contributed by atoms with van der Waals surface area (Å²) in [6.45, 7) is 4.26. The van der Waals surface area contributed by atoms with E-state index in [9.17, 15) is 9.18 Å². The van der Waals surface area contributed by atoms with E-state index >= 15 is 0 Å². The Morgan fingerprint density at radius 1 is 1.00 bits per heavy atom. The van der Waals surface area contributed by atoms with Gasteiger partial charge in [-0.2, -0.15) is 0 Å². The largest absolute Gasteiger partial charge is 0.426 e. The maximum atomic E-state index is 13.8. The van der Waals surface area contributed by atoms with Crippen LogP contribution in [0, 0.1) is 0 Å². The van der Waals surface area contributed by atoms with Crippen LogP contribution in [0.3, 0.4) is 0 Å². The molecule has 4 nitrogen and oxygen atoms in total. The van der Waals surface area contributed by atoms with Crippen LogP contribution in [-0.4, -0.2) is 21.5 Å². The van der Waals surface area contributed by atoms with Gasteiger partial charge in [0.2, 0.25) is 0 Å².